The summed E-state index contributed by atoms with van der Waals surface area (Å²) in [6.45, 7) is 13.7. The minimum absolute atomic E-state index is 0.156. The zero-order chi connectivity index (χ0) is 27.2. The molecule has 0 bridgehead atoms. The molecule has 6 heteroatoms. The molecule has 212 valence electrons. The van der Waals surface area contributed by atoms with Crippen molar-refractivity contribution in [1.82, 2.24) is 0 Å². The molecule has 0 aromatic heterocycles. The topological polar surface area (TPSA) is 78.9 Å². The van der Waals surface area contributed by atoms with Crippen LogP contribution in [0.15, 0.2) is 0 Å². The summed E-state index contributed by atoms with van der Waals surface area (Å²) in [7, 11) is 0. The maximum absolute atomic E-state index is 12.9. The number of hydrogen-bond donors (Lipinski definition) is 0. The lowest BCUT2D eigenvalue weighted by atomic mass is 9.99. The molecule has 0 saturated carbocycles. The van der Waals surface area contributed by atoms with Gasteiger partial charge in [0.05, 0.1) is 38.6 Å². The predicted molar refractivity (Wildman–Crippen MR) is 146 cm³/mol. The van der Waals surface area contributed by atoms with E-state index in [0.29, 0.717) is 37.6 Å². The van der Waals surface area contributed by atoms with Crippen molar-refractivity contribution in [2.24, 2.45) is 23.7 Å². The fourth-order valence-electron chi connectivity index (χ4n) is 4.19. The molecule has 0 aliphatic carbocycles. The van der Waals surface area contributed by atoms with E-state index in [4.69, 9.17) is 14.2 Å². The molecule has 0 unspecified atom stereocenters. The van der Waals surface area contributed by atoms with Gasteiger partial charge in [-0.2, -0.15) is 0 Å². The highest BCUT2D eigenvalue weighted by atomic mass is 16.5. The minimum atomic E-state index is -0.875. The SMILES string of the molecule is CCCC[C@@H](CC)COC(=O)CC(CC(=O)OC[C@H](CC)CCCC)C(=O)OC[C@@H](CC)CCCC. The van der Waals surface area contributed by atoms with E-state index in [1.165, 1.54) is 0 Å². The lowest BCUT2D eigenvalue weighted by Gasteiger charge is -2.20. The fraction of sp³-hybridized carbons (Fsp3) is 0.900. The summed E-state index contributed by atoms with van der Waals surface area (Å²) in [5.74, 6) is -1.35. The van der Waals surface area contributed by atoms with E-state index in [1.807, 2.05) is 0 Å². The van der Waals surface area contributed by atoms with Crippen molar-refractivity contribution in [2.75, 3.05) is 19.8 Å². The average Bonchev–Trinajstić information content (AvgIpc) is 2.88. The number of rotatable bonds is 23. The van der Waals surface area contributed by atoms with Crippen molar-refractivity contribution in [2.45, 2.75) is 131 Å². The summed E-state index contributed by atoms with van der Waals surface area (Å²) in [5, 5.41) is 0. The van der Waals surface area contributed by atoms with Crippen LogP contribution in [-0.2, 0) is 28.6 Å². The molecule has 0 aliphatic rings. The van der Waals surface area contributed by atoms with Crippen LogP contribution in [0.25, 0.3) is 0 Å². The Balaban J connectivity index is 5.05. The van der Waals surface area contributed by atoms with Crippen molar-refractivity contribution in [3.05, 3.63) is 0 Å². The van der Waals surface area contributed by atoms with Gasteiger partial charge in [-0.25, -0.2) is 0 Å². The van der Waals surface area contributed by atoms with E-state index >= 15 is 0 Å². The van der Waals surface area contributed by atoms with Gasteiger partial charge in [0.25, 0.3) is 0 Å². The maximum atomic E-state index is 12.9. The van der Waals surface area contributed by atoms with Crippen LogP contribution < -0.4 is 0 Å². The molecule has 0 spiro atoms. The molecule has 0 heterocycles. The zero-order valence-corrected chi connectivity index (χ0v) is 24.3. The van der Waals surface area contributed by atoms with Gasteiger partial charge in [0.2, 0.25) is 0 Å². The van der Waals surface area contributed by atoms with Gasteiger partial charge in [0, 0.05) is 0 Å². The summed E-state index contributed by atoms with van der Waals surface area (Å²) in [5.41, 5.74) is 0. The Kier molecular flexibility index (Phi) is 21.6. The van der Waals surface area contributed by atoms with Crippen molar-refractivity contribution in [3.63, 3.8) is 0 Å². The highest BCUT2D eigenvalue weighted by Crippen LogP contribution is 2.20. The van der Waals surface area contributed by atoms with E-state index < -0.39 is 23.8 Å². The number of unbranched alkanes of at least 4 members (excludes halogenated alkanes) is 3. The number of esters is 3. The highest BCUT2D eigenvalue weighted by molar-refractivity contribution is 5.84. The fourth-order valence-corrected chi connectivity index (χ4v) is 4.19. The summed E-state index contributed by atoms with van der Waals surface area (Å²) < 4.78 is 16.6. The molecule has 0 aromatic carbocycles. The summed E-state index contributed by atoms with van der Waals surface area (Å²) in [4.78, 5) is 38.2. The molecule has 36 heavy (non-hydrogen) atoms. The monoisotopic (exact) mass is 512 g/mol. The van der Waals surface area contributed by atoms with Gasteiger partial charge in [-0.15, -0.1) is 0 Å². The van der Waals surface area contributed by atoms with Gasteiger partial charge in [-0.05, 0) is 37.0 Å². The molecule has 0 aromatic rings. The molecular weight excluding hydrogens is 456 g/mol. The van der Waals surface area contributed by atoms with E-state index in [-0.39, 0.29) is 12.8 Å². The highest BCUT2D eigenvalue weighted by Gasteiger charge is 2.29. The Labute approximate surface area is 221 Å². The predicted octanol–water partition coefficient (Wildman–Crippen LogP) is 7.66. The first-order chi connectivity index (χ1) is 17.3. The van der Waals surface area contributed by atoms with Gasteiger partial charge in [0.1, 0.15) is 0 Å². The third-order valence-electron chi connectivity index (χ3n) is 7.21. The van der Waals surface area contributed by atoms with E-state index in [2.05, 4.69) is 41.5 Å². The van der Waals surface area contributed by atoms with Crippen LogP contribution in [0.4, 0.5) is 0 Å². The van der Waals surface area contributed by atoms with Crippen molar-refractivity contribution < 1.29 is 28.6 Å². The second-order valence-electron chi connectivity index (χ2n) is 10.4. The van der Waals surface area contributed by atoms with E-state index in [0.717, 1.165) is 77.0 Å². The van der Waals surface area contributed by atoms with Crippen molar-refractivity contribution in [3.8, 4) is 0 Å². The van der Waals surface area contributed by atoms with E-state index in [9.17, 15) is 14.4 Å². The standard InChI is InChI=1S/C30H56O6/c1-7-13-16-24(10-4)21-34-28(31)19-27(30(33)36-23-26(12-6)18-15-9-3)20-29(32)35-22-25(11-5)17-14-8-2/h24-27H,7-23H2,1-6H3/t24-,25-,26+/m1/s1. The molecule has 3 atom stereocenters. The minimum Gasteiger partial charge on any atom is -0.465 e. The maximum Gasteiger partial charge on any atom is 0.310 e. The lowest BCUT2D eigenvalue weighted by molar-refractivity contribution is -0.161. The van der Waals surface area contributed by atoms with Gasteiger partial charge < -0.3 is 14.2 Å². The first-order valence-corrected chi connectivity index (χ1v) is 14.8. The van der Waals surface area contributed by atoms with Crippen molar-refractivity contribution >= 4 is 17.9 Å². The molecule has 6 nitrogen and oxygen atoms in total. The molecule has 0 N–H and O–H groups in total. The van der Waals surface area contributed by atoms with Crippen LogP contribution in [0.1, 0.15) is 131 Å². The third-order valence-corrected chi connectivity index (χ3v) is 7.21. The number of ether oxygens (including phenoxy) is 3. The van der Waals surface area contributed by atoms with Gasteiger partial charge in [-0.3, -0.25) is 14.4 Å². The summed E-state index contributed by atoms with van der Waals surface area (Å²) in [6, 6.07) is 0. The summed E-state index contributed by atoms with van der Waals surface area (Å²) >= 11 is 0. The molecular formula is C30H56O6. The molecule has 0 fully saturated rings. The summed E-state index contributed by atoms with van der Waals surface area (Å²) in [6.07, 6.45) is 12.1. The van der Waals surface area contributed by atoms with Crippen LogP contribution in [0.2, 0.25) is 0 Å². The Morgan fingerprint density at radius 2 is 0.861 bits per heavy atom. The van der Waals surface area contributed by atoms with Gasteiger partial charge in [-0.1, -0.05) is 99.3 Å². The average molecular weight is 513 g/mol. The third kappa shape index (κ3) is 17.0. The second kappa shape index (κ2) is 22.6. The number of hydrogen-bond acceptors (Lipinski definition) is 6. The number of carbonyl (C=O) groups is 3. The first kappa shape index (κ1) is 34.4. The van der Waals surface area contributed by atoms with Crippen LogP contribution in [0, 0.1) is 23.7 Å². The molecule has 0 amide bonds. The molecule has 0 rings (SSSR count). The normalized spacial score (nSPS) is 13.8. The van der Waals surface area contributed by atoms with Gasteiger partial charge >= 0.3 is 17.9 Å². The smallest absolute Gasteiger partial charge is 0.310 e. The molecule has 0 aliphatic heterocycles. The zero-order valence-electron chi connectivity index (χ0n) is 24.3. The van der Waals surface area contributed by atoms with Crippen LogP contribution in [0.5, 0.6) is 0 Å². The Morgan fingerprint density at radius 3 is 1.17 bits per heavy atom. The Morgan fingerprint density at radius 1 is 0.528 bits per heavy atom. The quantitative estimate of drug-likeness (QED) is 0.103. The van der Waals surface area contributed by atoms with Crippen LogP contribution in [0.3, 0.4) is 0 Å². The van der Waals surface area contributed by atoms with Crippen LogP contribution >= 0.6 is 0 Å². The van der Waals surface area contributed by atoms with Crippen LogP contribution in [-0.4, -0.2) is 37.7 Å². The molecule has 0 saturated heterocycles. The lowest BCUT2D eigenvalue weighted by Crippen LogP contribution is -2.28. The largest absolute Gasteiger partial charge is 0.465 e. The number of carbonyl (C=O) groups excluding carboxylic acids is 3. The second-order valence-corrected chi connectivity index (χ2v) is 10.4. The van der Waals surface area contributed by atoms with Crippen molar-refractivity contribution in [1.29, 1.82) is 0 Å². The van der Waals surface area contributed by atoms with E-state index in [1.54, 1.807) is 0 Å². The Bertz CT molecular complexity index is 542. The molecule has 0 radical (unpaired) electrons. The first-order valence-electron chi connectivity index (χ1n) is 14.8. The Hall–Kier alpha value is -1.59. The van der Waals surface area contributed by atoms with Gasteiger partial charge in [0.15, 0.2) is 0 Å².